The third kappa shape index (κ3) is 4.12. The minimum absolute atomic E-state index is 0.0646. The standard InChI is InChI=1S/C15H28F2N2/c1-2-11-5-6-13(8-11)14(19-18)9-12-4-3-7-15(16,17)10-12/h11-14,19H,2-10,18H2,1H3. The molecule has 2 rings (SSSR count). The molecule has 0 amide bonds. The van der Waals surface area contributed by atoms with Gasteiger partial charge in [0.1, 0.15) is 0 Å². The fourth-order valence-corrected chi connectivity index (χ4v) is 4.08. The van der Waals surface area contributed by atoms with Crippen molar-refractivity contribution < 1.29 is 8.78 Å². The Morgan fingerprint density at radius 1 is 1.26 bits per heavy atom. The van der Waals surface area contributed by atoms with Crippen LogP contribution in [-0.4, -0.2) is 12.0 Å². The van der Waals surface area contributed by atoms with E-state index >= 15 is 0 Å². The van der Waals surface area contributed by atoms with Crippen molar-refractivity contribution in [1.29, 1.82) is 0 Å². The largest absolute Gasteiger partial charge is 0.271 e. The van der Waals surface area contributed by atoms with E-state index in [2.05, 4.69) is 12.3 Å². The first-order valence-electron chi connectivity index (χ1n) is 7.88. The van der Waals surface area contributed by atoms with Gasteiger partial charge in [-0.3, -0.25) is 11.3 Å². The highest BCUT2D eigenvalue weighted by Gasteiger charge is 2.38. The maximum absolute atomic E-state index is 13.5. The van der Waals surface area contributed by atoms with Gasteiger partial charge in [-0.25, -0.2) is 8.78 Å². The lowest BCUT2D eigenvalue weighted by Crippen LogP contribution is -2.42. The van der Waals surface area contributed by atoms with Gasteiger partial charge in [-0.1, -0.05) is 19.8 Å². The molecule has 2 fully saturated rings. The number of rotatable bonds is 5. The van der Waals surface area contributed by atoms with Crippen LogP contribution in [0.3, 0.4) is 0 Å². The molecule has 0 aromatic carbocycles. The molecule has 2 nitrogen and oxygen atoms in total. The number of alkyl halides is 2. The van der Waals surface area contributed by atoms with E-state index in [0.29, 0.717) is 12.3 Å². The molecule has 2 saturated carbocycles. The van der Waals surface area contributed by atoms with Gasteiger partial charge in [0.05, 0.1) is 0 Å². The van der Waals surface area contributed by atoms with Gasteiger partial charge in [0.25, 0.3) is 0 Å². The number of hydrogen-bond donors (Lipinski definition) is 2. The molecule has 2 aliphatic rings. The van der Waals surface area contributed by atoms with Gasteiger partial charge in [-0.15, -0.1) is 0 Å². The SMILES string of the molecule is CCC1CCC(C(CC2CCCC(F)(F)C2)NN)C1. The summed E-state index contributed by atoms with van der Waals surface area (Å²) >= 11 is 0. The van der Waals surface area contributed by atoms with Crippen LogP contribution in [0.4, 0.5) is 8.78 Å². The Morgan fingerprint density at radius 3 is 2.63 bits per heavy atom. The summed E-state index contributed by atoms with van der Waals surface area (Å²) in [7, 11) is 0. The zero-order valence-corrected chi connectivity index (χ0v) is 12.0. The summed E-state index contributed by atoms with van der Waals surface area (Å²) in [5.41, 5.74) is 2.92. The lowest BCUT2D eigenvalue weighted by Gasteiger charge is -2.33. The van der Waals surface area contributed by atoms with E-state index in [1.165, 1.54) is 25.7 Å². The number of nitrogens with two attached hydrogens (primary N) is 1. The predicted molar refractivity (Wildman–Crippen MR) is 73.8 cm³/mol. The van der Waals surface area contributed by atoms with Crippen LogP contribution in [0, 0.1) is 17.8 Å². The van der Waals surface area contributed by atoms with Gasteiger partial charge in [0.2, 0.25) is 5.92 Å². The van der Waals surface area contributed by atoms with Crippen molar-refractivity contribution in [3.63, 3.8) is 0 Å². The van der Waals surface area contributed by atoms with Crippen LogP contribution in [0.15, 0.2) is 0 Å². The Balaban J connectivity index is 1.85. The first-order valence-corrected chi connectivity index (χ1v) is 7.88. The number of nitrogens with one attached hydrogen (secondary N) is 1. The van der Waals surface area contributed by atoms with E-state index in [4.69, 9.17) is 5.84 Å². The van der Waals surface area contributed by atoms with Crippen LogP contribution in [0.2, 0.25) is 0 Å². The Morgan fingerprint density at radius 2 is 2.05 bits per heavy atom. The molecule has 0 bridgehead atoms. The van der Waals surface area contributed by atoms with Crippen molar-refractivity contribution in [3.05, 3.63) is 0 Å². The Kier molecular flexibility index (Phi) is 5.18. The van der Waals surface area contributed by atoms with Crippen LogP contribution in [-0.2, 0) is 0 Å². The van der Waals surface area contributed by atoms with Crippen LogP contribution in [0.1, 0.15) is 64.7 Å². The molecule has 0 heterocycles. The molecule has 2 aliphatic carbocycles. The lowest BCUT2D eigenvalue weighted by atomic mass is 9.80. The molecule has 0 aromatic heterocycles. The monoisotopic (exact) mass is 274 g/mol. The first-order chi connectivity index (χ1) is 9.04. The highest BCUT2D eigenvalue weighted by atomic mass is 19.3. The van der Waals surface area contributed by atoms with Gasteiger partial charge in [0.15, 0.2) is 0 Å². The first kappa shape index (κ1) is 15.2. The summed E-state index contributed by atoms with van der Waals surface area (Å²) in [6.45, 7) is 2.24. The quantitative estimate of drug-likeness (QED) is 0.590. The molecular formula is C15H28F2N2. The van der Waals surface area contributed by atoms with Gasteiger partial charge in [0, 0.05) is 18.9 Å². The molecule has 4 heteroatoms. The normalized spacial score (nSPS) is 36.3. The topological polar surface area (TPSA) is 38.0 Å². The van der Waals surface area contributed by atoms with Crippen molar-refractivity contribution in [2.24, 2.45) is 23.6 Å². The number of halogens is 2. The number of hydrogen-bond acceptors (Lipinski definition) is 2. The second-order valence-corrected chi connectivity index (χ2v) is 6.67. The van der Waals surface area contributed by atoms with Gasteiger partial charge < -0.3 is 0 Å². The van der Waals surface area contributed by atoms with E-state index in [1.54, 1.807) is 0 Å². The minimum atomic E-state index is -2.44. The van der Waals surface area contributed by atoms with Crippen molar-refractivity contribution in [1.82, 2.24) is 5.43 Å². The van der Waals surface area contributed by atoms with E-state index in [0.717, 1.165) is 18.8 Å². The highest BCUT2D eigenvalue weighted by molar-refractivity contribution is 4.87. The molecule has 112 valence electrons. The van der Waals surface area contributed by atoms with Gasteiger partial charge in [-0.05, 0) is 49.9 Å². The van der Waals surface area contributed by atoms with Crippen LogP contribution in [0.25, 0.3) is 0 Å². The van der Waals surface area contributed by atoms with Crippen LogP contribution < -0.4 is 11.3 Å². The molecule has 4 unspecified atom stereocenters. The fourth-order valence-electron chi connectivity index (χ4n) is 4.08. The van der Waals surface area contributed by atoms with Crippen molar-refractivity contribution in [3.8, 4) is 0 Å². The lowest BCUT2D eigenvalue weighted by molar-refractivity contribution is -0.0556. The second kappa shape index (κ2) is 6.49. The molecule has 0 aliphatic heterocycles. The molecule has 0 aromatic rings. The number of hydrazine groups is 1. The predicted octanol–water partition coefficient (Wildman–Crippen LogP) is 3.86. The van der Waals surface area contributed by atoms with Crippen LogP contribution in [0.5, 0.6) is 0 Å². The molecule has 19 heavy (non-hydrogen) atoms. The Hall–Kier alpha value is -0.220. The van der Waals surface area contributed by atoms with E-state index in [9.17, 15) is 8.78 Å². The zero-order chi connectivity index (χ0) is 13.9. The summed E-state index contributed by atoms with van der Waals surface area (Å²) in [5.74, 6) is 4.79. The van der Waals surface area contributed by atoms with Gasteiger partial charge in [-0.2, -0.15) is 0 Å². The maximum atomic E-state index is 13.5. The third-order valence-corrected chi connectivity index (χ3v) is 5.27. The van der Waals surface area contributed by atoms with E-state index < -0.39 is 5.92 Å². The fraction of sp³-hybridized carbons (Fsp3) is 1.00. The summed E-state index contributed by atoms with van der Waals surface area (Å²) in [6.07, 6.45) is 7.50. The average molecular weight is 274 g/mol. The second-order valence-electron chi connectivity index (χ2n) is 6.67. The molecule has 0 saturated heterocycles. The summed E-state index contributed by atoms with van der Waals surface area (Å²) < 4.78 is 26.9. The third-order valence-electron chi connectivity index (χ3n) is 5.27. The summed E-state index contributed by atoms with van der Waals surface area (Å²) in [4.78, 5) is 0. The van der Waals surface area contributed by atoms with E-state index in [-0.39, 0.29) is 24.8 Å². The Bertz CT molecular complexity index is 283. The Labute approximate surface area is 115 Å². The summed E-state index contributed by atoms with van der Waals surface area (Å²) in [5, 5.41) is 0. The summed E-state index contributed by atoms with van der Waals surface area (Å²) in [6, 6.07) is 0.232. The maximum Gasteiger partial charge on any atom is 0.248 e. The molecular weight excluding hydrogens is 246 g/mol. The van der Waals surface area contributed by atoms with Crippen molar-refractivity contribution in [2.45, 2.75) is 76.7 Å². The molecule has 3 N–H and O–H groups in total. The average Bonchev–Trinajstić information content (AvgIpc) is 2.83. The van der Waals surface area contributed by atoms with Crippen molar-refractivity contribution >= 4 is 0 Å². The molecule has 0 spiro atoms. The molecule has 4 atom stereocenters. The molecule has 0 radical (unpaired) electrons. The van der Waals surface area contributed by atoms with E-state index in [1.807, 2.05) is 0 Å². The van der Waals surface area contributed by atoms with Crippen LogP contribution >= 0.6 is 0 Å². The van der Waals surface area contributed by atoms with Crippen molar-refractivity contribution in [2.75, 3.05) is 0 Å². The minimum Gasteiger partial charge on any atom is -0.271 e. The van der Waals surface area contributed by atoms with Gasteiger partial charge >= 0.3 is 0 Å². The highest BCUT2D eigenvalue weighted by Crippen LogP contribution is 2.41. The smallest absolute Gasteiger partial charge is 0.248 e. The zero-order valence-electron chi connectivity index (χ0n) is 12.0.